The van der Waals surface area contributed by atoms with Gasteiger partial charge in [-0.15, -0.1) is 0 Å². The number of nitrogens with zero attached hydrogens (tertiary/aromatic N) is 1. The third kappa shape index (κ3) is 7.31. The number of aryl methyl sites for hydroxylation is 1. The molecule has 4 nitrogen and oxygen atoms in total. The van der Waals surface area contributed by atoms with E-state index in [-0.39, 0.29) is 37.1 Å². The van der Waals surface area contributed by atoms with E-state index in [1.165, 1.54) is 17.0 Å². The molecule has 0 bridgehead atoms. The van der Waals surface area contributed by atoms with Crippen molar-refractivity contribution in [2.75, 3.05) is 0 Å². The lowest BCUT2D eigenvalue weighted by molar-refractivity contribution is -0.140. The number of rotatable bonds is 9. The first-order valence-electron chi connectivity index (χ1n) is 10.6. The van der Waals surface area contributed by atoms with Gasteiger partial charge in [0.25, 0.3) is 0 Å². The summed E-state index contributed by atoms with van der Waals surface area (Å²) in [5.41, 5.74) is 2.51. The van der Waals surface area contributed by atoms with E-state index in [9.17, 15) is 14.0 Å². The number of hydrogen-bond acceptors (Lipinski definition) is 2. The molecule has 7 heteroatoms. The number of carbonyl (C=O) groups excluding carboxylic acids is 2. The van der Waals surface area contributed by atoms with Gasteiger partial charge in [0.05, 0.1) is 0 Å². The Morgan fingerprint density at radius 1 is 0.970 bits per heavy atom. The minimum absolute atomic E-state index is 0.157. The Balaban J connectivity index is 1.70. The summed E-state index contributed by atoms with van der Waals surface area (Å²) in [7, 11) is 0. The van der Waals surface area contributed by atoms with E-state index in [4.69, 9.17) is 23.2 Å². The lowest BCUT2D eigenvalue weighted by Gasteiger charge is -2.29. The molecule has 0 aliphatic rings. The van der Waals surface area contributed by atoms with Gasteiger partial charge in [0.15, 0.2) is 0 Å². The largest absolute Gasteiger partial charge is 0.350 e. The van der Waals surface area contributed by atoms with Crippen LogP contribution in [0.3, 0.4) is 0 Å². The topological polar surface area (TPSA) is 49.4 Å². The fourth-order valence-corrected chi connectivity index (χ4v) is 3.88. The Hall–Kier alpha value is -2.89. The van der Waals surface area contributed by atoms with Crippen LogP contribution in [0.4, 0.5) is 4.39 Å². The summed E-state index contributed by atoms with van der Waals surface area (Å²) < 4.78 is 13.3. The van der Waals surface area contributed by atoms with Crippen LogP contribution in [0, 0.1) is 5.82 Å². The van der Waals surface area contributed by atoms with E-state index in [1.54, 1.807) is 37.3 Å². The number of hydrogen-bond donors (Lipinski definition) is 1. The summed E-state index contributed by atoms with van der Waals surface area (Å²) in [5, 5.41) is 3.81. The molecule has 2 amide bonds. The number of benzene rings is 3. The van der Waals surface area contributed by atoms with Gasteiger partial charge in [0, 0.05) is 29.6 Å². The molecule has 0 spiro atoms. The molecule has 1 N–H and O–H groups in total. The van der Waals surface area contributed by atoms with Crippen LogP contribution in [-0.4, -0.2) is 22.8 Å². The first-order chi connectivity index (χ1) is 15.8. The average Bonchev–Trinajstić information content (AvgIpc) is 2.81. The number of amides is 2. The molecule has 0 aliphatic carbocycles. The smallest absolute Gasteiger partial charge is 0.242 e. The molecule has 3 rings (SSSR count). The van der Waals surface area contributed by atoms with Gasteiger partial charge >= 0.3 is 0 Å². The van der Waals surface area contributed by atoms with Crippen LogP contribution >= 0.6 is 23.2 Å². The lowest BCUT2D eigenvalue weighted by atomic mass is 10.1. The highest BCUT2D eigenvalue weighted by Crippen LogP contribution is 2.21. The maximum atomic E-state index is 13.3. The van der Waals surface area contributed by atoms with Crippen molar-refractivity contribution < 1.29 is 14.0 Å². The van der Waals surface area contributed by atoms with Gasteiger partial charge in [-0.25, -0.2) is 4.39 Å². The van der Waals surface area contributed by atoms with Gasteiger partial charge in [0.1, 0.15) is 11.9 Å². The van der Waals surface area contributed by atoms with Crippen molar-refractivity contribution in [3.05, 3.63) is 105 Å². The Kier molecular flexibility index (Phi) is 8.87. The summed E-state index contributed by atoms with van der Waals surface area (Å²) in [6.45, 7) is 2.09. The van der Waals surface area contributed by atoms with E-state index in [0.717, 1.165) is 16.7 Å². The molecular weight excluding hydrogens is 462 g/mol. The zero-order chi connectivity index (χ0) is 23.8. The van der Waals surface area contributed by atoms with Gasteiger partial charge in [-0.05, 0) is 54.3 Å². The van der Waals surface area contributed by atoms with E-state index >= 15 is 0 Å². The number of carbonyl (C=O) groups is 2. The predicted molar refractivity (Wildman–Crippen MR) is 129 cm³/mol. The molecule has 3 aromatic rings. The highest BCUT2D eigenvalue weighted by Gasteiger charge is 2.26. The quantitative estimate of drug-likeness (QED) is 0.415. The van der Waals surface area contributed by atoms with Crippen LogP contribution < -0.4 is 5.32 Å². The molecule has 0 aromatic heterocycles. The molecule has 0 saturated heterocycles. The van der Waals surface area contributed by atoms with Gasteiger partial charge in [-0.2, -0.15) is 0 Å². The molecule has 0 radical (unpaired) electrons. The molecule has 1 atom stereocenters. The van der Waals surface area contributed by atoms with Crippen molar-refractivity contribution in [1.82, 2.24) is 10.2 Å². The molecule has 0 aliphatic heterocycles. The van der Waals surface area contributed by atoms with Gasteiger partial charge in [-0.1, -0.05) is 71.7 Å². The molecule has 172 valence electrons. The molecule has 0 saturated carbocycles. The van der Waals surface area contributed by atoms with Crippen molar-refractivity contribution >= 4 is 35.0 Å². The lowest BCUT2D eigenvalue weighted by Crippen LogP contribution is -2.47. The van der Waals surface area contributed by atoms with E-state index in [2.05, 4.69) is 5.32 Å². The van der Waals surface area contributed by atoms with Gasteiger partial charge in [0.2, 0.25) is 11.8 Å². The zero-order valence-electron chi connectivity index (χ0n) is 18.2. The van der Waals surface area contributed by atoms with Crippen molar-refractivity contribution in [3.8, 4) is 0 Å². The van der Waals surface area contributed by atoms with Crippen LogP contribution in [0.1, 0.15) is 30.0 Å². The monoisotopic (exact) mass is 486 g/mol. The van der Waals surface area contributed by atoms with Crippen molar-refractivity contribution in [3.63, 3.8) is 0 Å². The van der Waals surface area contributed by atoms with E-state index < -0.39 is 6.04 Å². The Bertz CT molecular complexity index is 1090. The summed E-state index contributed by atoms with van der Waals surface area (Å²) in [6.07, 6.45) is 0.820. The molecule has 0 unspecified atom stereocenters. The Morgan fingerprint density at radius 2 is 1.67 bits per heavy atom. The first kappa shape index (κ1) is 24.7. The predicted octanol–water partition coefficient (Wildman–Crippen LogP) is 5.80. The summed E-state index contributed by atoms with van der Waals surface area (Å²) in [4.78, 5) is 27.6. The van der Waals surface area contributed by atoms with Crippen LogP contribution in [0.25, 0.3) is 0 Å². The highest BCUT2D eigenvalue weighted by molar-refractivity contribution is 6.35. The Labute approximate surface area is 203 Å². The normalized spacial score (nSPS) is 11.6. The second-order valence-corrected chi connectivity index (χ2v) is 8.61. The molecule has 33 heavy (non-hydrogen) atoms. The molecular formula is C26H25Cl2FN2O2. The minimum Gasteiger partial charge on any atom is -0.350 e. The maximum Gasteiger partial charge on any atom is 0.242 e. The summed E-state index contributed by atoms with van der Waals surface area (Å²) >= 11 is 12.1. The molecule has 3 aromatic carbocycles. The Morgan fingerprint density at radius 3 is 2.33 bits per heavy atom. The standard InChI is InChI=1S/C26H25Cl2FN2O2/c1-18(26(33)30-16-21-10-11-22(27)15-24(21)28)31(17-20-7-12-23(29)13-8-20)25(32)14-9-19-5-3-2-4-6-19/h2-8,10-13,15,18H,9,14,16-17H2,1H3,(H,30,33)/t18-/m0/s1. The fraction of sp³-hybridized carbons (Fsp3) is 0.231. The van der Waals surface area contributed by atoms with Crippen molar-refractivity contribution in [1.29, 1.82) is 0 Å². The number of halogens is 3. The second-order valence-electron chi connectivity index (χ2n) is 7.76. The summed E-state index contributed by atoms with van der Waals surface area (Å²) in [5.74, 6) is -0.821. The maximum absolute atomic E-state index is 13.3. The van der Waals surface area contributed by atoms with Crippen LogP contribution in [0.15, 0.2) is 72.8 Å². The van der Waals surface area contributed by atoms with Gasteiger partial charge < -0.3 is 10.2 Å². The third-order valence-corrected chi connectivity index (χ3v) is 5.96. The average molecular weight is 487 g/mol. The van der Waals surface area contributed by atoms with E-state index in [0.29, 0.717) is 16.5 Å². The van der Waals surface area contributed by atoms with Crippen LogP contribution in [-0.2, 0) is 29.1 Å². The SMILES string of the molecule is C[C@@H](C(=O)NCc1ccc(Cl)cc1Cl)N(Cc1ccc(F)cc1)C(=O)CCc1ccccc1. The highest BCUT2D eigenvalue weighted by atomic mass is 35.5. The van der Waals surface area contributed by atoms with Crippen molar-refractivity contribution in [2.45, 2.75) is 38.9 Å². The number of nitrogens with one attached hydrogen (secondary N) is 1. The fourth-order valence-electron chi connectivity index (χ4n) is 3.40. The summed E-state index contributed by atoms with van der Waals surface area (Å²) in [6, 6.07) is 19.9. The van der Waals surface area contributed by atoms with Crippen molar-refractivity contribution in [2.24, 2.45) is 0 Å². The zero-order valence-corrected chi connectivity index (χ0v) is 19.7. The molecule has 0 heterocycles. The molecule has 0 fully saturated rings. The van der Waals surface area contributed by atoms with Crippen LogP contribution in [0.2, 0.25) is 10.0 Å². The minimum atomic E-state index is -0.732. The van der Waals surface area contributed by atoms with Crippen LogP contribution in [0.5, 0.6) is 0 Å². The third-order valence-electron chi connectivity index (χ3n) is 5.37. The van der Waals surface area contributed by atoms with E-state index in [1.807, 2.05) is 30.3 Å². The second kappa shape index (κ2) is 11.8. The van der Waals surface area contributed by atoms with Gasteiger partial charge in [-0.3, -0.25) is 9.59 Å². The first-order valence-corrected chi connectivity index (χ1v) is 11.4.